The topological polar surface area (TPSA) is 128 Å². The average Bonchev–Trinajstić information content (AvgIpc) is 3.22. The van der Waals surface area contributed by atoms with Crippen LogP contribution in [0.1, 0.15) is 11.4 Å². The minimum atomic E-state index is -3.61. The van der Waals surface area contributed by atoms with Crippen molar-refractivity contribution in [1.29, 1.82) is 0 Å². The predicted octanol–water partition coefficient (Wildman–Crippen LogP) is 0.658. The second kappa shape index (κ2) is 6.99. The molecular weight excluding hydrogens is 346 g/mol. The zero-order chi connectivity index (χ0) is 17.9. The second-order valence-electron chi connectivity index (χ2n) is 5.30. The van der Waals surface area contributed by atoms with Crippen molar-refractivity contribution in [2.75, 3.05) is 18.4 Å². The molecule has 0 aliphatic heterocycles. The molecule has 2 N–H and O–H groups in total. The molecule has 10 nitrogen and oxygen atoms in total. The van der Waals surface area contributed by atoms with E-state index in [1.54, 1.807) is 16.8 Å². The smallest absolute Gasteiger partial charge is 0.245 e. The van der Waals surface area contributed by atoms with E-state index in [2.05, 4.69) is 35.0 Å². The Morgan fingerprint density at radius 1 is 1.20 bits per heavy atom. The molecule has 0 aliphatic carbocycles. The molecule has 0 radical (unpaired) electrons. The van der Waals surface area contributed by atoms with Gasteiger partial charge in [-0.05, 0) is 32.0 Å². The maximum atomic E-state index is 11.9. The van der Waals surface area contributed by atoms with Gasteiger partial charge in [-0.25, -0.2) is 17.8 Å². The first-order chi connectivity index (χ1) is 12.0. The summed E-state index contributed by atoms with van der Waals surface area (Å²) >= 11 is 0. The van der Waals surface area contributed by atoms with Gasteiger partial charge in [-0.3, -0.25) is 0 Å². The highest BCUT2D eigenvalue weighted by atomic mass is 32.2. The molecule has 0 unspecified atom stereocenters. The van der Waals surface area contributed by atoms with Gasteiger partial charge in [0.15, 0.2) is 5.82 Å². The quantitative estimate of drug-likeness (QED) is 0.586. The van der Waals surface area contributed by atoms with Gasteiger partial charge in [-0.15, -0.1) is 10.2 Å². The van der Waals surface area contributed by atoms with Gasteiger partial charge in [-0.2, -0.15) is 5.10 Å². The molecule has 0 spiro atoms. The summed E-state index contributed by atoms with van der Waals surface area (Å²) in [5, 5.41) is 18.9. The fourth-order valence-corrected chi connectivity index (χ4v) is 3.07. The van der Waals surface area contributed by atoms with E-state index in [0.717, 1.165) is 23.8 Å². The molecule has 0 aromatic carbocycles. The van der Waals surface area contributed by atoms with E-state index in [9.17, 15) is 8.42 Å². The molecule has 3 aromatic rings. The van der Waals surface area contributed by atoms with Crippen molar-refractivity contribution in [3.05, 3.63) is 42.0 Å². The van der Waals surface area contributed by atoms with Crippen LogP contribution in [0.3, 0.4) is 0 Å². The number of aromatic nitrogens is 5. The lowest BCUT2D eigenvalue weighted by atomic mass is 10.4. The van der Waals surface area contributed by atoms with Gasteiger partial charge in [0, 0.05) is 18.8 Å². The van der Waals surface area contributed by atoms with Crippen LogP contribution in [-0.2, 0) is 10.0 Å². The lowest BCUT2D eigenvalue weighted by Crippen LogP contribution is -2.28. The molecule has 0 saturated carbocycles. The Morgan fingerprint density at radius 2 is 2.04 bits per heavy atom. The van der Waals surface area contributed by atoms with Crippen LogP contribution >= 0.6 is 0 Å². The number of rotatable bonds is 7. The fourth-order valence-electron chi connectivity index (χ4n) is 2.18. The van der Waals surface area contributed by atoms with Crippen molar-refractivity contribution in [1.82, 2.24) is 29.9 Å². The van der Waals surface area contributed by atoms with Crippen LogP contribution in [0.15, 0.2) is 40.1 Å². The lowest BCUT2D eigenvalue weighted by molar-refractivity contribution is 0.417. The van der Waals surface area contributed by atoms with Crippen molar-refractivity contribution in [3.8, 4) is 5.82 Å². The number of anilines is 1. The van der Waals surface area contributed by atoms with Crippen molar-refractivity contribution in [3.63, 3.8) is 0 Å². The van der Waals surface area contributed by atoms with Crippen molar-refractivity contribution < 1.29 is 12.9 Å². The summed E-state index contributed by atoms with van der Waals surface area (Å²) in [6.07, 6.45) is 2.21. The maximum absolute atomic E-state index is 11.9. The summed E-state index contributed by atoms with van der Waals surface area (Å²) in [5.41, 5.74) is 1.87. The SMILES string of the molecule is Cc1cc(C)n(-c2ccc(NCCNS(=O)(=O)c3cnoc3)nn2)n1. The van der Waals surface area contributed by atoms with E-state index in [1.807, 2.05) is 19.9 Å². The molecule has 25 heavy (non-hydrogen) atoms. The summed E-state index contributed by atoms with van der Waals surface area (Å²) in [6, 6.07) is 5.50. The number of aryl methyl sites for hydroxylation is 2. The van der Waals surface area contributed by atoms with Gasteiger partial charge in [0.25, 0.3) is 0 Å². The number of hydrogen-bond donors (Lipinski definition) is 2. The van der Waals surface area contributed by atoms with Crippen molar-refractivity contribution in [2.45, 2.75) is 18.7 Å². The Morgan fingerprint density at radius 3 is 2.64 bits per heavy atom. The highest BCUT2D eigenvalue weighted by Gasteiger charge is 2.15. The molecule has 0 fully saturated rings. The maximum Gasteiger partial charge on any atom is 0.245 e. The summed E-state index contributed by atoms with van der Waals surface area (Å²) < 4.78 is 32.4. The van der Waals surface area contributed by atoms with Crippen LogP contribution in [0.4, 0.5) is 5.82 Å². The van der Waals surface area contributed by atoms with Crippen LogP contribution < -0.4 is 10.0 Å². The molecule has 3 aromatic heterocycles. The third kappa shape index (κ3) is 4.00. The molecule has 11 heteroatoms. The molecule has 132 valence electrons. The second-order valence-corrected chi connectivity index (χ2v) is 7.07. The Bertz CT molecular complexity index is 933. The summed E-state index contributed by atoms with van der Waals surface area (Å²) in [6.45, 7) is 4.37. The normalized spacial score (nSPS) is 11.6. The summed E-state index contributed by atoms with van der Waals surface area (Å²) in [5.74, 6) is 1.15. The first-order valence-corrected chi connectivity index (χ1v) is 8.94. The van der Waals surface area contributed by atoms with Gasteiger partial charge in [-0.1, -0.05) is 5.16 Å². The molecule has 0 atom stereocenters. The Balaban J connectivity index is 1.53. The molecule has 3 heterocycles. The number of hydrogen-bond acceptors (Lipinski definition) is 8. The van der Waals surface area contributed by atoms with E-state index in [1.165, 1.54) is 0 Å². The van der Waals surface area contributed by atoms with E-state index in [-0.39, 0.29) is 11.4 Å². The lowest BCUT2D eigenvalue weighted by Gasteiger charge is -2.07. The number of nitrogens with one attached hydrogen (secondary N) is 2. The van der Waals surface area contributed by atoms with Crippen LogP contribution in [0, 0.1) is 13.8 Å². The zero-order valence-electron chi connectivity index (χ0n) is 13.7. The van der Waals surface area contributed by atoms with Crippen molar-refractivity contribution in [2.24, 2.45) is 0 Å². The first kappa shape index (κ1) is 17.0. The minimum Gasteiger partial charge on any atom is -0.367 e. The van der Waals surface area contributed by atoms with Crippen molar-refractivity contribution >= 4 is 15.8 Å². The average molecular weight is 363 g/mol. The fraction of sp³-hybridized carbons (Fsp3) is 0.286. The van der Waals surface area contributed by atoms with Crippen LogP contribution in [0.2, 0.25) is 0 Å². The Hall–Kier alpha value is -2.79. The minimum absolute atomic E-state index is 0.0125. The number of sulfonamides is 1. The molecule has 0 aliphatic rings. The molecule has 0 bridgehead atoms. The van der Waals surface area contributed by atoms with E-state index in [0.29, 0.717) is 18.2 Å². The first-order valence-electron chi connectivity index (χ1n) is 7.46. The van der Waals surface area contributed by atoms with Crippen LogP contribution in [0.25, 0.3) is 5.82 Å². The van der Waals surface area contributed by atoms with Crippen LogP contribution in [-0.4, -0.2) is 46.6 Å². The van der Waals surface area contributed by atoms with Gasteiger partial charge in [0.05, 0.1) is 11.9 Å². The molecular formula is C14H17N7O3S. The van der Waals surface area contributed by atoms with Gasteiger partial charge < -0.3 is 9.84 Å². The standard InChI is InChI=1S/C14H17N7O3S/c1-10-7-11(2)21(20-10)14-4-3-13(18-19-14)15-5-6-17-25(22,23)12-8-16-24-9-12/h3-4,7-9,17H,5-6H2,1-2H3,(H,15,18). The van der Waals surface area contributed by atoms with E-state index in [4.69, 9.17) is 0 Å². The zero-order valence-corrected chi connectivity index (χ0v) is 14.5. The highest BCUT2D eigenvalue weighted by molar-refractivity contribution is 7.89. The van der Waals surface area contributed by atoms with E-state index < -0.39 is 10.0 Å². The highest BCUT2D eigenvalue weighted by Crippen LogP contribution is 2.10. The van der Waals surface area contributed by atoms with Gasteiger partial charge in [0.1, 0.15) is 17.0 Å². The summed E-state index contributed by atoms with van der Waals surface area (Å²) in [4.78, 5) is -0.0125. The third-order valence-electron chi connectivity index (χ3n) is 3.32. The molecule has 3 rings (SSSR count). The number of nitrogens with zero attached hydrogens (tertiary/aromatic N) is 5. The largest absolute Gasteiger partial charge is 0.367 e. The molecule has 0 amide bonds. The monoisotopic (exact) mass is 363 g/mol. The van der Waals surface area contributed by atoms with Gasteiger partial charge in [0.2, 0.25) is 10.0 Å². The predicted molar refractivity (Wildman–Crippen MR) is 88.8 cm³/mol. The third-order valence-corrected chi connectivity index (χ3v) is 4.73. The Labute approximate surface area is 144 Å². The van der Waals surface area contributed by atoms with Gasteiger partial charge >= 0.3 is 0 Å². The molecule has 0 saturated heterocycles. The van der Waals surface area contributed by atoms with E-state index >= 15 is 0 Å². The summed E-state index contributed by atoms with van der Waals surface area (Å²) in [7, 11) is -3.61. The Kier molecular flexibility index (Phi) is 4.76. The van der Waals surface area contributed by atoms with Crippen LogP contribution in [0.5, 0.6) is 0 Å².